The second-order valence-electron chi connectivity index (χ2n) is 4.66. The highest BCUT2D eigenvalue weighted by atomic mass is 16.6. The van der Waals surface area contributed by atoms with Gasteiger partial charge < -0.3 is 15.2 Å². The molecule has 0 aromatic carbocycles. The molecule has 0 aliphatic heterocycles. The number of carboxylic acid groups (broad SMARTS) is 1. The van der Waals surface area contributed by atoms with E-state index < -0.39 is 30.1 Å². The Labute approximate surface area is 106 Å². The third-order valence-corrected chi connectivity index (χ3v) is 1.80. The van der Waals surface area contributed by atoms with Crippen molar-refractivity contribution in [2.75, 3.05) is 19.6 Å². The molecule has 2 N–H and O–H groups in total. The predicted octanol–water partition coefficient (Wildman–Crippen LogP) is 0.444. The molecule has 0 bridgehead atoms. The van der Waals surface area contributed by atoms with Crippen molar-refractivity contribution in [2.45, 2.75) is 33.3 Å². The lowest BCUT2D eigenvalue weighted by Gasteiger charge is -2.26. The average Bonchev–Trinajstić information content (AvgIpc) is 2.20. The zero-order valence-corrected chi connectivity index (χ0v) is 11.1. The fraction of sp³-hybridized carbons (Fsp3) is 0.727. The summed E-state index contributed by atoms with van der Waals surface area (Å²) in [5.41, 5.74) is -0.637. The molecular formula is C11H20N2O5. The van der Waals surface area contributed by atoms with Gasteiger partial charge in [0.25, 0.3) is 0 Å². The molecule has 0 unspecified atom stereocenters. The Bertz CT molecular complexity index is 322. The van der Waals surface area contributed by atoms with Crippen molar-refractivity contribution in [1.82, 2.24) is 10.2 Å². The van der Waals surface area contributed by atoms with Gasteiger partial charge in [-0.3, -0.25) is 14.5 Å². The van der Waals surface area contributed by atoms with Crippen molar-refractivity contribution in [3.63, 3.8) is 0 Å². The first-order valence-electron chi connectivity index (χ1n) is 5.62. The number of aliphatic carboxylic acids is 1. The van der Waals surface area contributed by atoms with E-state index in [9.17, 15) is 14.4 Å². The molecule has 0 radical (unpaired) electrons. The monoisotopic (exact) mass is 260 g/mol. The number of ether oxygens (including phenoxy) is 1. The lowest BCUT2D eigenvalue weighted by Crippen LogP contribution is -2.44. The van der Waals surface area contributed by atoms with Crippen LogP contribution in [-0.4, -0.2) is 53.2 Å². The Hall–Kier alpha value is -1.79. The molecule has 0 heterocycles. The Balaban J connectivity index is 4.29. The number of carbonyl (C=O) groups is 3. The summed E-state index contributed by atoms with van der Waals surface area (Å²) < 4.78 is 5.11. The second kappa shape index (κ2) is 6.83. The standard InChI is InChI=1S/C11H20N2O5/c1-5-13(10(17)18-11(2,3)4)7-8(14)12-6-9(15)16/h5-7H2,1-4H3,(H,12,14)(H,15,16). The number of carbonyl (C=O) groups excluding carboxylic acids is 2. The largest absolute Gasteiger partial charge is 0.480 e. The van der Waals surface area contributed by atoms with Gasteiger partial charge in [-0.1, -0.05) is 0 Å². The highest BCUT2D eigenvalue weighted by Crippen LogP contribution is 2.09. The first-order valence-corrected chi connectivity index (χ1v) is 5.62. The lowest BCUT2D eigenvalue weighted by molar-refractivity contribution is -0.138. The summed E-state index contributed by atoms with van der Waals surface area (Å²) in [6.45, 7) is 6.49. The van der Waals surface area contributed by atoms with Crippen molar-refractivity contribution < 1.29 is 24.2 Å². The summed E-state index contributed by atoms with van der Waals surface area (Å²) in [6, 6.07) is 0. The topological polar surface area (TPSA) is 95.9 Å². The van der Waals surface area contributed by atoms with Gasteiger partial charge in [0.2, 0.25) is 5.91 Å². The van der Waals surface area contributed by atoms with Gasteiger partial charge in [0.15, 0.2) is 0 Å². The zero-order chi connectivity index (χ0) is 14.3. The van der Waals surface area contributed by atoms with Crippen molar-refractivity contribution >= 4 is 18.0 Å². The summed E-state index contributed by atoms with van der Waals surface area (Å²) in [7, 11) is 0. The van der Waals surface area contributed by atoms with E-state index in [1.807, 2.05) is 0 Å². The number of amides is 2. The van der Waals surface area contributed by atoms with Crippen molar-refractivity contribution in [1.29, 1.82) is 0 Å². The van der Waals surface area contributed by atoms with Crippen LogP contribution in [-0.2, 0) is 14.3 Å². The molecule has 104 valence electrons. The Morgan fingerprint density at radius 1 is 1.28 bits per heavy atom. The van der Waals surface area contributed by atoms with Crippen molar-refractivity contribution in [3.05, 3.63) is 0 Å². The van der Waals surface area contributed by atoms with E-state index in [0.717, 1.165) is 0 Å². The minimum absolute atomic E-state index is 0.224. The summed E-state index contributed by atoms with van der Waals surface area (Å²) in [5.74, 6) is -1.67. The normalized spacial score (nSPS) is 10.7. The Kier molecular flexibility index (Phi) is 6.15. The number of rotatable bonds is 5. The third-order valence-electron chi connectivity index (χ3n) is 1.80. The molecule has 0 atom stereocenters. The van der Waals surface area contributed by atoms with Gasteiger partial charge in [0.1, 0.15) is 18.7 Å². The number of nitrogens with zero attached hydrogens (tertiary/aromatic N) is 1. The van der Waals surface area contributed by atoms with Crippen LogP contribution in [0.5, 0.6) is 0 Å². The molecule has 7 heteroatoms. The van der Waals surface area contributed by atoms with Gasteiger partial charge in [-0.05, 0) is 27.7 Å². The van der Waals surface area contributed by atoms with E-state index in [-0.39, 0.29) is 6.54 Å². The van der Waals surface area contributed by atoms with Crippen molar-refractivity contribution in [2.24, 2.45) is 0 Å². The van der Waals surface area contributed by atoms with Gasteiger partial charge in [-0.15, -0.1) is 0 Å². The van der Waals surface area contributed by atoms with E-state index >= 15 is 0 Å². The maximum atomic E-state index is 11.7. The summed E-state index contributed by atoms with van der Waals surface area (Å²) in [6.07, 6.45) is -0.601. The number of hydrogen-bond acceptors (Lipinski definition) is 4. The Morgan fingerprint density at radius 2 is 1.83 bits per heavy atom. The SMILES string of the molecule is CCN(CC(=O)NCC(=O)O)C(=O)OC(C)(C)C. The molecule has 0 saturated heterocycles. The van der Waals surface area contributed by atoms with Crippen LogP contribution in [0.15, 0.2) is 0 Å². The molecule has 0 aromatic heterocycles. The maximum absolute atomic E-state index is 11.7. The molecule has 0 aliphatic carbocycles. The minimum Gasteiger partial charge on any atom is -0.480 e. The van der Waals surface area contributed by atoms with E-state index in [2.05, 4.69) is 5.32 Å². The van der Waals surface area contributed by atoms with E-state index in [0.29, 0.717) is 6.54 Å². The zero-order valence-electron chi connectivity index (χ0n) is 11.1. The fourth-order valence-electron chi connectivity index (χ4n) is 1.04. The van der Waals surface area contributed by atoms with Crippen LogP contribution in [0.2, 0.25) is 0 Å². The minimum atomic E-state index is -1.14. The average molecular weight is 260 g/mol. The smallest absolute Gasteiger partial charge is 0.410 e. The van der Waals surface area contributed by atoms with Gasteiger partial charge in [-0.25, -0.2) is 4.79 Å². The highest BCUT2D eigenvalue weighted by molar-refractivity contribution is 5.85. The van der Waals surface area contributed by atoms with E-state index in [4.69, 9.17) is 9.84 Å². The van der Waals surface area contributed by atoms with Gasteiger partial charge in [-0.2, -0.15) is 0 Å². The first-order chi connectivity index (χ1) is 8.15. The third kappa shape index (κ3) is 7.48. The molecule has 18 heavy (non-hydrogen) atoms. The van der Waals surface area contributed by atoms with Gasteiger partial charge >= 0.3 is 12.1 Å². The van der Waals surface area contributed by atoms with Crippen LogP contribution in [0.25, 0.3) is 0 Å². The fourth-order valence-corrected chi connectivity index (χ4v) is 1.04. The van der Waals surface area contributed by atoms with Crippen LogP contribution in [0, 0.1) is 0 Å². The molecular weight excluding hydrogens is 240 g/mol. The maximum Gasteiger partial charge on any atom is 0.410 e. The first kappa shape index (κ1) is 16.2. The molecule has 0 rings (SSSR count). The number of hydrogen-bond donors (Lipinski definition) is 2. The van der Waals surface area contributed by atoms with Gasteiger partial charge in [0, 0.05) is 6.54 Å². The van der Waals surface area contributed by atoms with Crippen molar-refractivity contribution in [3.8, 4) is 0 Å². The number of carboxylic acids is 1. The number of likely N-dealkylation sites (N-methyl/N-ethyl adjacent to an activating group) is 1. The highest BCUT2D eigenvalue weighted by Gasteiger charge is 2.22. The van der Waals surface area contributed by atoms with Crippen LogP contribution < -0.4 is 5.32 Å². The predicted molar refractivity (Wildman–Crippen MR) is 64.1 cm³/mol. The van der Waals surface area contributed by atoms with E-state index in [1.54, 1.807) is 27.7 Å². The quantitative estimate of drug-likeness (QED) is 0.748. The molecule has 0 fully saturated rings. The van der Waals surface area contributed by atoms with E-state index in [1.165, 1.54) is 4.90 Å². The van der Waals surface area contributed by atoms with Crippen LogP contribution in [0.1, 0.15) is 27.7 Å². The van der Waals surface area contributed by atoms with Gasteiger partial charge in [0.05, 0.1) is 0 Å². The molecule has 7 nitrogen and oxygen atoms in total. The van der Waals surface area contributed by atoms with Crippen LogP contribution >= 0.6 is 0 Å². The molecule has 0 aromatic rings. The lowest BCUT2D eigenvalue weighted by atomic mass is 10.2. The molecule has 0 spiro atoms. The Morgan fingerprint density at radius 3 is 2.22 bits per heavy atom. The molecule has 2 amide bonds. The summed E-state index contributed by atoms with van der Waals surface area (Å²) in [4.78, 5) is 34.5. The number of nitrogens with one attached hydrogen (secondary N) is 1. The molecule has 0 saturated carbocycles. The second-order valence-corrected chi connectivity index (χ2v) is 4.66. The molecule has 0 aliphatic rings. The van der Waals surface area contributed by atoms with Crippen LogP contribution in [0.3, 0.4) is 0 Å². The van der Waals surface area contributed by atoms with Crippen LogP contribution in [0.4, 0.5) is 4.79 Å². The summed E-state index contributed by atoms with van der Waals surface area (Å²) in [5, 5.41) is 10.6. The summed E-state index contributed by atoms with van der Waals surface area (Å²) >= 11 is 0.